The fourth-order valence-electron chi connectivity index (χ4n) is 2.85. The van der Waals surface area contributed by atoms with E-state index in [-0.39, 0.29) is 5.91 Å². The second kappa shape index (κ2) is 6.73. The monoisotopic (exact) mass is 311 g/mol. The van der Waals surface area contributed by atoms with Gasteiger partial charge in [-0.2, -0.15) is 5.10 Å². The van der Waals surface area contributed by atoms with Gasteiger partial charge in [0, 0.05) is 18.8 Å². The molecule has 1 aromatic heterocycles. The smallest absolute Gasteiger partial charge is 0.243 e. The van der Waals surface area contributed by atoms with E-state index in [2.05, 4.69) is 27.4 Å². The van der Waals surface area contributed by atoms with E-state index in [0.717, 1.165) is 35.5 Å². The van der Waals surface area contributed by atoms with Gasteiger partial charge < -0.3 is 10.2 Å². The number of hydrogen-bond donors (Lipinski definition) is 1. The number of fused-ring (bicyclic) bond motifs is 1. The van der Waals surface area contributed by atoms with E-state index in [9.17, 15) is 4.79 Å². The summed E-state index contributed by atoms with van der Waals surface area (Å²) in [6, 6.07) is 7.92. The van der Waals surface area contributed by atoms with Crippen LogP contribution < -0.4 is 10.2 Å². The molecule has 0 unspecified atom stereocenters. The highest BCUT2D eigenvalue weighted by Gasteiger charge is 2.26. The number of rotatable bonds is 6. The van der Waals surface area contributed by atoms with Gasteiger partial charge in [-0.25, -0.2) is 4.98 Å². The van der Waals surface area contributed by atoms with Crippen molar-refractivity contribution in [3.8, 4) is 0 Å². The second-order valence-electron chi connectivity index (χ2n) is 5.51. The molecule has 0 saturated carbocycles. The number of carbonyl (C=O) groups excluding carboxylic acids is 1. The minimum Gasteiger partial charge on any atom is -0.351 e. The first kappa shape index (κ1) is 15.4. The van der Waals surface area contributed by atoms with Gasteiger partial charge in [-0.15, -0.1) is 5.10 Å². The Balaban J connectivity index is 1.63. The van der Waals surface area contributed by atoms with Gasteiger partial charge in [-0.05, 0) is 24.5 Å². The van der Waals surface area contributed by atoms with Crippen molar-refractivity contribution in [2.75, 3.05) is 23.3 Å². The Morgan fingerprint density at radius 1 is 1.13 bits per heavy atom. The average molecular weight is 311 g/mol. The van der Waals surface area contributed by atoms with Gasteiger partial charge in [0.05, 0.1) is 17.8 Å². The van der Waals surface area contributed by atoms with Gasteiger partial charge in [0.25, 0.3) is 0 Å². The lowest BCUT2D eigenvalue weighted by Gasteiger charge is -2.17. The Kier molecular flexibility index (Phi) is 4.50. The first-order valence-corrected chi connectivity index (χ1v) is 8.07. The van der Waals surface area contributed by atoms with Crippen LogP contribution in [0.4, 0.5) is 11.6 Å². The number of carbonyl (C=O) groups is 1. The van der Waals surface area contributed by atoms with Gasteiger partial charge in [-0.3, -0.25) is 4.79 Å². The SMILES string of the molecule is CCc1nnc(NCCN2C(=O)Cc3ccccc32)nc1CC. The number of aryl methyl sites for hydroxylation is 2. The lowest BCUT2D eigenvalue weighted by atomic mass is 10.2. The van der Waals surface area contributed by atoms with E-state index in [0.29, 0.717) is 25.5 Å². The number of anilines is 2. The molecule has 0 bridgehead atoms. The Morgan fingerprint density at radius 2 is 1.91 bits per heavy atom. The van der Waals surface area contributed by atoms with E-state index >= 15 is 0 Å². The van der Waals surface area contributed by atoms with Gasteiger partial charge >= 0.3 is 0 Å². The van der Waals surface area contributed by atoms with Crippen molar-refractivity contribution in [1.29, 1.82) is 0 Å². The van der Waals surface area contributed by atoms with Crippen molar-refractivity contribution >= 4 is 17.5 Å². The number of nitrogens with zero attached hydrogens (tertiary/aromatic N) is 4. The summed E-state index contributed by atoms with van der Waals surface area (Å²) < 4.78 is 0. The molecule has 0 fully saturated rings. The van der Waals surface area contributed by atoms with Crippen molar-refractivity contribution < 1.29 is 4.79 Å². The topological polar surface area (TPSA) is 71.0 Å². The number of nitrogens with one attached hydrogen (secondary N) is 1. The summed E-state index contributed by atoms with van der Waals surface area (Å²) in [4.78, 5) is 18.4. The molecule has 120 valence electrons. The molecule has 2 heterocycles. The van der Waals surface area contributed by atoms with E-state index in [1.807, 2.05) is 36.1 Å². The molecule has 0 spiro atoms. The molecule has 1 amide bonds. The molecule has 1 aliphatic rings. The molecule has 0 aliphatic carbocycles. The summed E-state index contributed by atoms with van der Waals surface area (Å²) in [5, 5.41) is 11.5. The van der Waals surface area contributed by atoms with Crippen molar-refractivity contribution in [3.63, 3.8) is 0 Å². The third-order valence-corrected chi connectivity index (χ3v) is 4.05. The number of amides is 1. The first-order chi connectivity index (χ1) is 11.2. The molecule has 6 nitrogen and oxygen atoms in total. The van der Waals surface area contributed by atoms with Crippen LogP contribution in [0.5, 0.6) is 0 Å². The zero-order valence-corrected chi connectivity index (χ0v) is 13.5. The van der Waals surface area contributed by atoms with Crippen LogP contribution in [-0.4, -0.2) is 34.2 Å². The van der Waals surface area contributed by atoms with Crippen molar-refractivity contribution in [1.82, 2.24) is 15.2 Å². The Labute approximate surface area is 136 Å². The normalized spacial score (nSPS) is 13.3. The highest BCUT2D eigenvalue weighted by molar-refractivity contribution is 6.01. The lowest BCUT2D eigenvalue weighted by molar-refractivity contribution is -0.117. The molecule has 1 N–H and O–H groups in total. The molecule has 0 atom stereocenters. The number of para-hydroxylation sites is 1. The van der Waals surface area contributed by atoms with Crippen molar-refractivity contribution in [3.05, 3.63) is 41.2 Å². The fourth-order valence-corrected chi connectivity index (χ4v) is 2.85. The van der Waals surface area contributed by atoms with Crippen molar-refractivity contribution in [2.45, 2.75) is 33.1 Å². The average Bonchev–Trinajstić information content (AvgIpc) is 2.90. The van der Waals surface area contributed by atoms with Crippen LogP contribution in [0.15, 0.2) is 24.3 Å². The zero-order chi connectivity index (χ0) is 16.2. The summed E-state index contributed by atoms with van der Waals surface area (Å²) in [6.45, 7) is 5.30. The summed E-state index contributed by atoms with van der Waals surface area (Å²) in [5.74, 6) is 0.668. The molecule has 0 saturated heterocycles. The molecule has 1 aromatic carbocycles. The van der Waals surface area contributed by atoms with Gasteiger partial charge in [0.1, 0.15) is 0 Å². The van der Waals surface area contributed by atoms with E-state index in [1.165, 1.54) is 0 Å². The Bertz CT molecular complexity index is 716. The molecule has 2 aromatic rings. The summed E-state index contributed by atoms with van der Waals surface area (Å²) in [6.07, 6.45) is 2.16. The minimum absolute atomic E-state index is 0.141. The molecular weight excluding hydrogens is 290 g/mol. The molecule has 3 rings (SSSR count). The lowest BCUT2D eigenvalue weighted by Crippen LogP contribution is -2.32. The molecule has 0 radical (unpaired) electrons. The number of hydrogen-bond acceptors (Lipinski definition) is 5. The minimum atomic E-state index is 0.141. The molecule has 23 heavy (non-hydrogen) atoms. The predicted octanol–water partition coefficient (Wildman–Crippen LogP) is 2.00. The Morgan fingerprint density at radius 3 is 2.70 bits per heavy atom. The third-order valence-electron chi connectivity index (χ3n) is 4.05. The van der Waals surface area contributed by atoms with Crippen LogP contribution >= 0.6 is 0 Å². The first-order valence-electron chi connectivity index (χ1n) is 8.07. The second-order valence-corrected chi connectivity index (χ2v) is 5.51. The predicted molar refractivity (Wildman–Crippen MR) is 89.6 cm³/mol. The zero-order valence-electron chi connectivity index (χ0n) is 13.5. The quantitative estimate of drug-likeness (QED) is 0.883. The summed E-state index contributed by atoms with van der Waals surface area (Å²) in [5.41, 5.74) is 4.03. The largest absolute Gasteiger partial charge is 0.351 e. The highest BCUT2D eigenvalue weighted by Crippen LogP contribution is 2.27. The van der Waals surface area contributed by atoms with Crippen LogP contribution in [0.2, 0.25) is 0 Å². The van der Waals surface area contributed by atoms with Crippen LogP contribution in [0, 0.1) is 0 Å². The van der Waals surface area contributed by atoms with Crippen LogP contribution in [0.3, 0.4) is 0 Å². The van der Waals surface area contributed by atoms with Crippen LogP contribution in [0.1, 0.15) is 30.8 Å². The van der Waals surface area contributed by atoms with Crippen LogP contribution in [0.25, 0.3) is 0 Å². The van der Waals surface area contributed by atoms with Gasteiger partial charge in [0.2, 0.25) is 11.9 Å². The third kappa shape index (κ3) is 3.16. The number of aromatic nitrogens is 3. The number of benzene rings is 1. The van der Waals surface area contributed by atoms with Gasteiger partial charge in [0.15, 0.2) is 0 Å². The molecule has 1 aliphatic heterocycles. The van der Waals surface area contributed by atoms with E-state index < -0.39 is 0 Å². The molecular formula is C17H21N5O. The summed E-state index contributed by atoms with van der Waals surface area (Å²) >= 11 is 0. The van der Waals surface area contributed by atoms with E-state index in [4.69, 9.17) is 0 Å². The van der Waals surface area contributed by atoms with Crippen molar-refractivity contribution in [2.24, 2.45) is 0 Å². The highest BCUT2D eigenvalue weighted by atomic mass is 16.2. The Hall–Kier alpha value is -2.50. The summed E-state index contributed by atoms with van der Waals surface area (Å²) in [7, 11) is 0. The maximum absolute atomic E-state index is 12.1. The maximum Gasteiger partial charge on any atom is 0.243 e. The maximum atomic E-state index is 12.1. The standard InChI is InChI=1S/C17H21N5O/c1-3-13-14(4-2)20-21-17(19-13)18-9-10-22-15-8-6-5-7-12(15)11-16(22)23/h5-8H,3-4,9-11H2,1-2H3,(H,18,19,21). The van der Waals surface area contributed by atoms with E-state index in [1.54, 1.807) is 0 Å². The molecule has 6 heteroatoms. The van der Waals surface area contributed by atoms with Crippen LogP contribution in [-0.2, 0) is 24.1 Å². The van der Waals surface area contributed by atoms with Gasteiger partial charge in [-0.1, -0.05) is 32.0 Å². The fraction of sp³-hybridized carbons (Fsp3) is 0.412.